The summed E-state index contributed by atoms with van der Waals surface area (Å²) in [5.74, 6) is -1.65. The number of nitrogens with one attached hydrogen (secondary N) is 2. The first kappa shape index (κ1) is 25.7. The predicted octanol–water partition coefficient (Wildman–Crippen LogP) is 1.54. The highest BCUT2D eigenvalue weighted by atomic mass is 16.6. The molecule has 0 aliphatic carbocycles. The van der Waals surface area contributed by atoms with Crippen molar-refractivity contribution >= 4 is 23.8 Å². The van der Waals surface area contributed by atoms with Crippen LogP contribution in [0, 0.1) is 11.8 Å². The Kier molecular flexibility index (Phi) is 9.11. The lowest BCUT2D eigenvalue weighted by molar-refractivity contribution is -0.141. The average molecular weight is 427 g/mol. The molecule has 0 saturated carbocycles. The van der Waals surface area contributed by atoms with Crippen LogP contribution in [-0.2, 0) is 19.1 Å². The van der Waals surface area contributed by atoms with E-state index in [4.69, 9.17) is 10.5 Å². The van der Waals surface area contributed by atoms with Crippen LogP contribution in [0.4, 0.5) is 4.79 Å². The van der Waals surface area contributed by atoms with Crippen LogP contribution in [0.1, 0.15) is 67.7 Å². The van der Waals surface area contributed by atoms with Crippen LogP contribution < -0.4 is 16.4 Å². The van der Waals surface area contributed by atoms with Gasteiger partial charge in [-0.3, -0.25) is 14.4 Å². The van der Waals surface area contributed by atoms with Gasteiger partial charge >= 0.3 is 6.09 Å². The molecule has 1 aliphatic heterocycles. The van der Waals surface area contributed by atoms with Crippen molar-refractivity contribution in [3.63, 3.8) is 0 Å². The standard InChI is InChI=1S/C21H38N4O5/c1-8-13(4)16(17(22)26)23-18(27)14-10-9-11-25(14)19(28)15(12(2)3)24-20(29)30-21(5,6)7/h12-16H,8-11H2,1-7H3,(H2,22,26)(H,23,27)(H,24,29)/t13-,14-,15+,16-/m0/s1. The molecule has 0 aromatic heterocycles. The lowest BCUT2D eigenvalue weighted by atomic mass is 9.98. The van der Waals surface area contributed by atoms with Gasteiger partial charge in [-0.2, -0.15) is 0 Å². The number of hydrogen-bond donors (Lipinski definition) is 3. The zero-order valence-corrected chi connectivity index (χ0v) is 19.3. The normalized spacial score (nSPS) is 19.7. The number of nitrogens with two attached hydrogens (primary N) is 1. The van der Waals surface area contributed by atoms with E-state index < -0.39 is 41.6 Å². The van der Waals surface area contributed by atoms with Gasteiger partial charge in [-0.15, -0.1) is 0 Å². The van der Waals surface area contributed by atoms with Gasteiger partial charge in [0.25, 0.3) is 0 Å². The van der Waals surface area contributed by atoms with E-state index in [0.717, 1.165) is 0 Å². The van der Waals surface area contributed by atoms with Gasteiger partial charge in [0.1, 0.15) is 23.7 Å². The van der Waals surface area contributed by atoms with Crippen molar-refractivity contribution in [2.45, 2.75) is 91.5 Å². The van der Waals surface area contributed by atoms with E-state index in [9.17, 15) is 19.2 Å². The molecule has 4 atom stereocenters. The summed E-state index contributed by atoms with van der Waals surface area (Å²) in [5, 5.41) is 5.35. The molecule has 9 heteroatoms. The van der Waals surface area contributed by atoms with Crippen molar-refractivity contribution in [3.8, 4) is 0 Å². The number of rotatable bonds is 8. The number of likely N-dealkylation sites (tertiary alicyclic amines) is 1. The van der Waals surface area contributed by atoms with E-state index in [1.807, 2.05) is 27.7 Å². The van der Waals surface area contributed by atoms with Crippen LogP contribution >= 0.6 is 0 Å². The number of primary amides is 1. The highest BCUT2D eigenvalue weighted by molar-refractivity contribution is 5.94. The Balaban J connectivity index is 2.93. The average Bonchev–Trinajstić information content (AvgIpc) is 3.10. The molecule has 4 amide bonds. The number of nitrogens with zero attached hydrogens (tertiary/aromatic N) is 1. The number of carbonyl (C=O) groups excluding carboxylic acids is 4. The summed E-state index contributed by atoms with van der Waals surface area (Å²) < 4.78 is 5.27. The van der Waals surface area contributed by atoms with Gasteiger partial charge in [-0.05, 0) is 45.4 Å². The molecule has 1 rings (SSSR count). The van der Waals surface area contributed by atoms with Gasteiger partial charge in [0.2, 0.25) is 17.7 Å². The second-order valence-corrected chi connectivity index (χ2v) is 9.33. The van der Waals surface area contributed by atoms with Crippen molar-refractivity contribution in [3.05, 3.63) is 0 Å². The van der Waals surface area contributed by atoms with Gasteiger partial charge in [0, 0.05) is 6.54 Å². The van der Waals surface area contributed by atoms with Gasteiger partial charge in [-0.25, -0.2) is 4.79 Å². The summed E-state index contributed by atoms with van der Waals surface area (Å²) >= 11 is 0. The number of amides is 4. The van der Waals surface area contributed by atoms with Gasteiger partial charge in [0.05, 0.1) is 0 Å². The Bertz CT molecular complexity index is 644. The molecular formula is C21H38N4O5. The van der Waals surface area contributed by atoms with Gasteiger partial charge in [0.15, 0.2) is 0 Å². The van der Waals surface area contributed by atoms with E-state index >= 15 is 0 Å². The summed E-state index contributed by atoms with van der Waals surface area (Å²) in [7, 11) is 0. The van der Waals surface area contributed by atoms with Crippen LogP contribution in [0.25, 0.3) is 0 Å². The zero-order valence-electron chi connectivity index (χ0n) is 19.3. The molecule has 0 aromatic carbocycles. The van der Waals surface area contributed by atoms with Crippen LogP contribution in [-0.4, -0.2) is 59.0 Å². The first-order valence-corrected chi connectivity index (χ1v) is 10.7. The van der Waals surface area contributed by atoms with Crippen LogP contribution in [0.5, 0.6) is 0 Å². The predicted molar refractivity (Wildman–Crippen MR) is 113 cm³/mol. The maximum absolute atomic E-state index is 13.2. The second kappa shape index (κ2) is 10.6. The monoisotopic (exact) mass is 426 g/mol. The van der Waals surface area contributed by atoms with Crippen molar-refractivity contribution in [2.75, 3.05) is 6.54 Å². The largest absolute Gasteiger partial charge is 0.444 e. The summed E-state index contributed by atoms with van der Waals surface area (Å²) in [6, 6.07) is -2.32. The first-order chi connectivity index (χ1) is 13.8. The SMILES string of the molecule is CC[C@H](C)[C@H](NC(=O)[C@@H]1CCCN1C(=O)[C@H](NC(=O)OC(C)(C)C)C(C)C)C(N)=O. The van der Waals surface area contributed by atoms with Crippen molar-refractivity contribution < 1.29 is 23.9 Å². The molecule has 1 aliphatic rings. The summed E-state index contributed by atoms with van der Waals surface area (Å²) in [5.41, 5.74) is 4.76. The fraction of sp³-hybridized carbons (Fsp3) is 0.810. The van der Waals surface area contributed by atoms with Crippen molar-refractivity contribution in [1.29, 1.82) is 0 Å². The topological polar surface area (TPSA) is 131 Å². The highest BCUT2D eigenvalue weighted by Gasteiger charge is 2.40. The minimum Gasteiger partial charge on any atom is -0.444 e. The Morgan fingerprint density at radius 1 is 1.10 bits per heavy atom. The van der Waals surface area contributed by atoms with Crippen LogP contribution in [0.15, 0.2) is 0 Å². The van der Waals surface area contributed by atoms with E-state index in [2.05, 4.69) is 10.6 Å². The third-order valence-corrected chi connectivity index (χ3v) is 5.26. The minimum atomic E-state index is -0.824. The molecule has 172 valence electrons. The first-order valence-electron chi connectivity index (χ1n) is 10.7. The van der Waals surface area contributed by atoms with Crippen LogP contribution in [0.2, 0.25) is 0 Å². The van der Waals surface area contributed by atoms with E-state index in [0.29, 0.717) is 25.8 Å². The van der Waals surface area contributed by atoms with Crippen molar-refractivity contribution in [2.24, 2.45) is 17.6 Å². The third kappa shape index (κ3) is 7.18. The van der Waals surface area contributed by atoms with Crippen molar-refractivity contribution in [1.82, 2.24) is 15.5 Å². The fourth-order valence-electron chi connectivity index (χ4n) is 3.41. The Morgan fingerprint density at radius 3 is 2.17 bits per heavy atom. The number of alkyl carbamates (subject to hydrolysis) is 1. The van der Waals surface area contributed by atoms with E-state index in [1.165, 1.54) is 4.90 Å². The van der Waals surface area contributed by atoms with Crippen LogP contribution in [0.3, 0.4) is 0 Å². The molecule has 1 heterocycles. The molecule has 4 N–H and O–H groups in total. The minimum absolute atomic E-state index is 0.116. The Hall–Kier alpha value is -2.32. The smallest absolute Gasteiger partial charge is 0.408 e. The second-order valence-electron chi connectivity index (χ2n) is 9.33. The molecule has 0 spiro atoms. The maximum atomic E-state index is 13.2. The third-order valence-electron chi connectivity index (χ3n) is 5.26. The molecule has 0 radical (unpaired) electrons. The maximum Gasteiger partial charge on any atom is 0.408 e. The Morgan fingerprint density at radius 2 is 1.70 bits per heavy atom. The molecule has 30 heavy (non-hydrogen) atoms. The molecular weight excluding hydrogens is 388 g/mol. The van der Waals surface area contributed by atoms with Gasteiger partial charge in [-0.1, -0.05) is 34.1 Å². The molecule has 1 fully saturated rings. The summed E-state index contributed by atoms with van der Waals surface area (Å²) in [4.78, 5) is 51.5. The highest BCUT2D eigenvalue weighted by Crippen LogP contribution is 2.21. The zero-order chi connectivity index (χ0) is 23.2. The quantitative estimate of drug-likeness (QED) is 0.542. The fourth-order valence-corrected chi connectivity index (χ4v) is 3.41. The molecule has 1 saturated heterocycles. The van der Waals surface area contributed by atoms with E-state index in [-0.39, 0.29) is 17.7 Å². The number of carbonyl (C=O) groups is 4. The number of hydrogen-bond acceptors (Lipinski definition) is 5. The summed E-state index contributed by atoms with van der Waals surface area (Å²) in [6.45, 7) is 13.0. The Labute approximate surface area is 179 Å². The molecule has 0 aromatic rings. The number of ether oxygens (including phenoxy) is 1. The summed E-state index contributed by atoms with van der Waals surface area (Å²) in [6.07, 6.45) is 1.14. The lowest BCUT2D eigenvalue weighted by Crippen LogP contribution is -2.58. The molecule has 0 unspecified atom stereocenters. The van der Waals surface area contributed by atoms with E-state index in [1.54, 1.807) is 20.8 Å². The molecule has 0 bridgehead atoms. The molecule has 9 nitrogen and oxygen atoms in total. The van der Waals surface area contributed by atoms with Gasteiger partial charge < -0.3 is 26.0 Å². The lowest BCUT2D eigenvalue weighted by Gasteiger charge is -2.32.